The summed E-state index contributed by atoms with van der Waals surface area (Å²) in [6, 6.07) is 4.12. The molecule has 2 nitrogen and oxygen atoms in total. The average molecular weight is 280 g/mol. The Labute approximate surface area is 119 Å². The van der Waals surface area contributed by atoms with E-state index in [0.717, 1.165) is 17.7 Å². The molecule has 3 heteroatoms. The molecule has 2 rings (SSSR count). The Morgan fingerprint density at radius 2 is 2.00 bits per heavy atom. The van der Waals surface area contributed by atoms with Gasteiger partial charge in [0.1, 0.15) is 5.76 Å². The molecule has 1 aliphatic rings. The van der Waals surface area contributed by atoms with Gasteiger partial charge in [-0.25, -0.2) is 0 Å². The first-order valence-electron chi connectivity index (χ1n) is 7.71. The molecule has 0 unspecified atom stereocenters. The van der Waals surface area contributed by atoms with Crippen LogP contribution in [0.15, 0.2) is 22.8 Å². The fraction of sp³-hybridized carbons (Fsp3) is 0.750. The summed E-state index contributed by atoms with van der Waals surface area (Å²) in [6.07, 6.45) is 5.55. The van der Waals surface area contributed by atoms with Gasteiger partial charge in [0.25, 0.3) is 0 Å². The maximum atomic E-state index is 5.52. The first-order valence-corrected chi connectivity index (χ1v) is 11.3. The maximum absolute atomic E-state index is 5.52. The van der Waals surface area contributed by atoms with Gasteiger partial charge in [-0.2, -0.15) is 0 Å². The second kappa shape index (κ2) is 5.45. The molecule has 108 valence electrons. The minimum atomic E-state index is -1.05. The number of nitrogens with zero attached hydrogens (tertiary/aromatic N) is 1. The highest BCUT2D eigenvalue weighted by atomic mass is 28.3. The maximum Gasteiger partial charge on any atom is 0.103 e. The molecule has 0 N–H and O–H groups in total. The monoisotopic (exact) mass is 279 g/mol. The van der Waals surface area contributed by atoms with Crippen LogP contribution in [0.3, 0.4) is 0 Å². The molecule has 0 aromatic carbocycles. The molecular weight excluding hydrogens is 250 g/mol. The largest absolute Gasteiger partial charge is 0.469 e. The lowest BCUT2D eigenvalue weighted by atomic mass is 10.1. The highest BCUT2D eigenvalue weighted by molar-refractivity contribution is 6.78. The number of aryl methyl sites for hydroxylation is 1. The highest BCUT2D eigenvalue weighted by Crippen LogP contribution is 2.61. The molecule has 2 atom stereocenters. The first-order chi connectivity index (χ1) is 8.94. The molecule has 1 saturated carbocycles. The predicted octanol–water partition coefficient (Wildman–Crippen LogP) is 4.40. The van der Waals surface area contributed by atoms with Crippen molar-refractivity contribution in [1.82, 2.24) is 4.90 Å². The zero-order chi connectivity index (χ0) is 14.1. The Morgan fingerprint density at radius 1 is 1.32 bits per heavy atom. The van der Waals surface area contributed by atoms with Crippen molar-refractivity contribution in [2.24, 2.45) is 0 Å². The quantitative estimate of drug-likeness (QED) is 0.688. The van der Waals surface area contributed by atoms with E-state index in [1.807, 2.05) is 6.07 Å². The Kier molecular flexibility index (Phi) is 4.26. The second-order valence-electron chi connectivity index (χ2n) is 6.98. The molecule has 1 aromatic heterocycles. The van der Waals surface area contributed by atoms with Gasteiger partial charge in [0.2, 0.25) is 0 Å². The zero-order valence-corrected chi connectivity index (χ0v) is 14.2. The van der Waals surface area contributed by atoms with Crippen LogP contribution in [0.5, 0.6) is 0 Å². The van der Waals surface area contributed by atoms with Crippen LogP contribution in [0.1, 0.15) is 32.4 Å². The zero-order valence-electron chi connectivity index (χ0n) is 13.2. The van der Waals surface area contributed by atoms with Gasteiger partial charge in [-0.05, 0) is 43.6 Å². The Hall–Kier alpha value is -0.543. The Balaban J connectivity index is 2.08. The minimum absolute atomic E-state index is 0.473. The average Bonchev–Trinajstić information content (AvgIpc) is 2.86. The van der Waals surface area contributed by atoms with Crippen molar-refractivity contribution in [3.05, 3.63) is 24.2 Å². The van der Waals surface area contributed by atoms with Crippen molar-refractivity contribution in [1.29, 1.82) is 0 Å². The molecule has 0 amide bonds. The smallest absolute Gasteiger partial charge is 0.103 e. The van der Waals surface area contributed by atoms with E-state index in [1.165, 1.54) is 25.9 Å². The molecule has 0 aliphatic heterocycles. The van der Waals surface area contributed by atoms with E-state index in [1.54, 1.807) is 6.26 Å². The molecule has 0 radical (unpaired) electrons. The SMILES string of the molecule is CCN(CC)[C@]1(CCc2ccco2)C[C@H]1[Si](C)(C)C. The second-order valence-corrected chi connectivity index (χ2v) is 12.4. The lowest BCUT2D eigenvalue weighted by Crippen LogP contribution is -2.42. The summed E-state index contributed by atoms with van der Waals surface area (Å²) in [4.78, 5) is 2.71. The van der Waals surface area contributed by atoms with Crippen molar-refractivity contribution >= 4 is 8.07 Å². The van der Waals surface area contributed by atoms with Crippen LogP contribution in [0.4, 0.5) is 0 Å². The number of hydrogen-bond donors (Lipinski definition) is 0. The van der Waals surface area contributed by atoms with Gasteiger partial charge in [0, 0.05) is 20.0 Å². The summed E-state index contributed by atoms with van der Waals surface area (Å²) in [5, 5.41) is 0. The third-order valence-electron chi connectivity index (χ3n) is 4.87. The third-order valence-corrected chi connectivity index (χ3v) is 7.70. The van der Waals surface area contributed by atoms with Crippen LogP contribution in [-0.4, -0.2) is 31.6 Å². The van der Waals surface area contributed by atoms with Crippen LogP contribution in [0.25, 0.3) is 0 Å². The standard InChI is InChI=1S/C16H29NOSi/c1-6-17(7-2)16(13-15(16)19(3,4)5)11-10-14-9-8-12-18-14/h8-9,12,15H,6-7,10-11,13H2,1-5H3/t15-,16-/m1/s1. The Morgan fingerprint density at radius 3 is 2.42 bits per heavy atom. The van der Waals surface area contributed by atoms with Gasteiger partial charge in [0.05, 0.1) is 6.26 Å². The van der Waals surface area contributed by atoms with Crippen LogP contribution in [-0.2, 0) is 6.42 Å². The van der Waals surface area contributed by atoms with Crippen molar-refractivity contribution in [2.75, 3.05) is 13.1 Å². The van der Waals surface area contributed by atoms with Crippen LogP contribution in [0.2, 0.25) is 25.2 Å². The van der Waals surface area contributed by atoms with E-state index >= 15 is 0 Å². The van der Waals surface area contributed by atoms with Crippen LogP contribution in [0, 0.1) is 0 Å². The van der Waals surface area contributed by atoms with Crippen molar-refractivity contribution in [2.45, 2.75) is 63.8 Å². The van der Waals surface area contributed by atoms with E-state index in [-0.39, 0.29) is 0 Å². The molecule has 0 bridgehead atoms. The van der Waals surface area contributed by atoms with Gasteiger partial charge in [-0.1, -0.05) is 33.5 Å². The third kappa shape index (κ3) is 2.97. The van der Waals surface area contributed by atoms with Crippen molar-refractivity contribution < 1.29 is 4.42 Å². The van der Waals surface area contributed by atoms with Gasteiger partial charge >= 0.3 is 0 Å². The predicted molar refractivity (Wildman–Crippen MR) is 84.4 cm³/mol. The first kappa shape index (κ1) is 14.9. The summed E-state index contributed by atoms with van der Waals surface area (Å²) < 4.78 is 5.52. The molecule has 1 aliphatic carbocycles. The number of hydrogen-bond acceptors (Lipinski definition) is 2. The van der Waals surface area contributed by atoms with E-state index < -0.39 is 8.07 Å². The molecule has 19 heavy (non-hydrogen) atoms. The number of rotatable bonds is 7. The lowest BCUT2D eigenvalue weighted by Gasteiger charge is -2.34. The summed E-state index contributed by atoms with van der Waals surface area (Å²) in [6.45, 7) is 14.5. The summed E-state index contributed by atoms with van der Waals surface area (Å²) in [7, 11) is -1.05. The van der Waals surface area contributed by atoms with Gasteiger partial charge in [-0.3, -0.25) is 4.90 Å². The van der Waals surface area contributed by atoms with Gasteiger partial charge < -0.3 is 4.42 Å². The molecule has 1 heterocycles. The summed E-state index contributed by atoms with van der Waals surface area (Å²) in [5.74, 6) is 1.15. The van der Waals surface area contributed by atoms with Crippen molar-refractivity contribution in [3.63, 3.8) is 0 Å². The summed E-state index contributed by atoms with van der Waals surface area (Å²) >= 11 is 0. The lowest BCUT2D eigenvalue weighted by molar-refractivity contribution is 0.182. The molecule has 1 aromatic rings. The van der Waals surface area contributed by atoms with E-state index in [4.69, 9.17) is 4.42 Å². The van der Waals surface area contributed by atoms with Crippen LogP contribution >= 0.6 is 0 Å². The number of furan rings is 1. The normalized spacial score (nSPS) is 26.9. The molecule has 1 fully saturated rings. The van der Waals surface area contributed by atoms with Gasteiger partial charge in [-0.15, -0.1) is 0 Å². The van der Waals surface area contributed by atoms with E-state index in [0.29, 0.717) is 5.54 Å². The van der Waals surface area contributed by atoms with Crippen LogP contribution < -0.4 is 0 Å². The molecule has 0 saturated heterocycles. The van der Waals surface area contributed by atoms with E-state index in [9.17, 15) is 0 Å². The topological polar surface area (TPSA) is 16.4 Å². The Bertz CT molecular complexity index is 391. The highest BCUT2D eigenvalue weighted by Gasteiger charge is 2.61. The fourth-order valence-corrected chi connectivity index (χ4v) is 6.74. The minimum Gasteiger partial charge on any atom is -0.469 e. The van der Waals surface area contributed by atoms with Gasteiger partial charge in [0.15, 0.2) is 0 Å². The van der Waals surface area contributed by atoms with E-state index in [2.05, 4.69) is 44.5 Å². The summed E-state index contributed by atoms with van der Waals surface area (Å²) in [5.41, 5.74) is 1.43. The molecule has 0 spiro atoms. The van der Waals surface area contributed by atoms with Crippen molar-refractivity contribution in [3.8, 4) is 0 Å². The molecular formula is C16H29NOSi. The fourth-order valence-electron chi connectivity index (χ4n) is 3.84.